The number of anilines is 1. The molecule has 0 bridgehead atoms. The maximum Gasteiger partial charge on any atom is 0.361 e. The number of esters is 1. The van der Waals surface area contributed by atoms with Crippen LogP contribution in [0.4, 0.5) is 5.69 Å². The maximum absolute atomic E-state index is 11.5. The molecule has 0 radical (unpaired) electrons. The molecule has 16 heavy (non-hydrogen) atoms. The first-order chi connectivity index (χ1) is 7.63. The highest BCUT2D eigenvalue weighted by Crippen LogP contribution is 2.19. The van der Waals surface area contributed by atoms with Gasteiger partial charge in [0, 0.05) is 6.20 Å². The van der Waals surface area contributed by atoms with Crippen molar-refractivity contribution < 1.29 is 9.53 Å². The molecule has 0 aromatic carbocycles. The lowest BCUT2D eigenvalue weighted by Crippen LogP contribution is -2.11. The van der Waals surface area contributed by atoms with Crippen LogP contribution in [0.25, 0.3) is 0 Å². The highest BCUT2D eigenvalue weighted by Gasteiger charge is 2.18. The van der Waals surface area contributed by atoms with Gasteiger partial charge in [0.25, 0.3) is 0 Å². The minimum atomic E-state index is -0.454. The van der Waals surface area contributed by atoms with Crippen molar-refractivity contribution in [3.8, 4) is 0 Å². The smallest absolute Gasteiger partial charge is 0.361 e. The van der Waals surface area contributed by atoms with Crippen LogP contribution in [0.1, 0.15) is 50.1 Å². The Kier molecular flexibility index (Phi) is 4.34. The normalized spacial score (nSPS) is 10.8. The summed E-state index contributed by atoms with van der Waals surface area (Å²) in [6.07, 6.45) is 3.61. The average Bonchev–Trinajstić information content (AvgIpc) is 2.63. The van der Waals surface area contributed by atoms with E-state index < -0.39 is 5.97 Å². The third-order valence-corrected chi connectivity index (χ3v) is 2.55. The number of carbonyl (C=O) groups is 1. The minimum absolute atomic E-state index is 0.216. The van der Waals surface area contributed by atoms with Crippen LogP contribution in [0.3, 0.4) is 0 Å². The summed E-state index contributed by atoms with van der Waals surface area (Å²) in [7, 11) is 0. The van der Waals surface area contributed by atoms with Gasteiger partial charge in [-0.3, -0.25) is 4.68 Å². The highest BCUT2D eigenvalue weighted by molar-refractivity contribution is 5.92. The third-order valence-electron chi connectivity index (χ3n) is 2.55. The minimum Gasteiger partial charge on any atom is -0.461 e. The Balaban J connectivity index is 2.92. The SMILES string of the molecule is CCOC(=O)c1nn(C(CC)CC)cc1N. The van der Waals surface area contributed by atoms with E-state index in [1.165, 1.54) is 0 Å². The predicted molar refractivity (Wildman–Crippen MR) is 62.2 cm³/mol. The fourth-order valence-electron chi connectivity index (χ4n) is 1.61. The number of nitrogen functional groups attached to an aromatic ring is 1. The molecule has 0 amide bonds. The Labute approximate surface area is 95.6 Å². The molecule has 2 N–H and O–H groups in total. The van der Waals surface area contributed by atoms with E-state index in [0.717, 1.165) is 12.8 Å². The van der Waals surface area contributed by atoms with Crippen LogP contribution < -0.4 is 5.73 Å². The molecule has 0 atom stereocenters. The summed E-state index contributed by atoms with van der Waals surface area (Å²) in [4.78, 5) is 11.5. The first kappa shape index (κ1) is 12.5. The Bertz CT molecular complexity index is 356. The number of carbonyl (C=O) groups excluding carboxylic acids is 1. The second-order valence-electron chi connectivity index (χ2n) is 3.60. The van der Waals surface area contributed by atoms with E-state index in [1.807, 2.05) is 0 Å². The van der Waals surface area contributed by atoms with Crippen molar-refractivity contribution in [1.29, 1.82) is 0 Å². The van der Waals surface area contributed by atoms with Crippen molar-refractivity contribution in [2.45, 2.75) is 39.7 Å². The zero-order valence-corrected chi connectivity index (χ0v) is 10.1. The van der Waals surface area contributed by atoms with Crippen molar-refractivity contribution in [3.05, 3.63) is 11.9 Å². The highest BCUT2D eigenvalue weighted by atomic mass is 16.5. The molecule has 0 fully saturated rings. The van der Waals surface area contributed by atoms with Crippen molar-refractivity contribution in [2.24, 2.45) is 0 Å². The van der Waals surface area contributed by atoms with Crippen LogP contribution in [0.5, 0.6) is 0 Å². The molecular formula is C11H19N3O2. The quantitative estimate of drug-likeness (QED) is 0.778. The molecule has 0 saturated heterocycles. The lowest BCUT2D eigenvalue weighted by atomic mass is 10.2. The second kappa shape index (κ2) is 5.53. The van der Waals surface area contributed by atoms with Gasteiger partial charge in [-0.1, -0.05) is 13.8 Å². The van der Waals surface area contributed by atoms with Crippen LogP contribution in [0.2, 0.25) is 0 Å². The van der Waals surface area contributed by atoms with Gasteiger partial charge in [-0.25, -0.2) is 4.79 Å². The Hall–Kier alpha value is -1.52. The molecule has 0 unspecified atom stereocenters. The van der Waals surface area contributed by atoms with E-state index in [1.54, 1.807) is 17.8 Å². The van der Waals surface area contributed by atoms with Gasteiger partial charge in [-0.15, -0.1) is 0 Å². The average molecular weight is 225 g/mol. The molecule has 0 aliphatic carbocycles. The molecule has 0 spiro atoms. The van der Waals surface area contributed by atoms with E-state index in [0.29, 0.717) is 12.3 Å². The van der Waals surface area contributed by atoms with Crippen molar-refractivity contribution in [1.82, 2.24) is 9.78 Å². The largest absolute Gasteiger partial charge is 0.461 e. The van der Waals surface area contributed by atoms with E-state index in [2.05, 4.69) is 18.9 Å². The zero-order chi connectivity index (χ0) is 12.1. The Morgan fingerprint density at radius 2 is 2.12 bits per heavy atom. The molecule has 90 valence electrons. The van der Waals surface area contributed by atoms with Crippen molar-refractivity contribution >= 4 is 11.7 Å². The summed E-state index contributed by atoms with van der Waals surface area (Å²) < 4.78 is 6.63. The van der Waals surface area contributed by atoms with E-state index in [4.69, 9.17) is 10.5 Å². The van der Waals surface area contributed by atoms with Crippen molar-refractivity contribution in [3.63, 3.8) is 0 Å². The molecule has 0 aliphatic rings. The zero-order valence-electron chi connectivity index (χ0n) is 10.1. The number of ether oxygens (including phenoxy) is 1. The third kappa shape index (κ3) is 2.53. The molecule has 0 saturated carbocycles. The summed E-state index contributed by atoms with van der Waals surface area (Å²) in [6.45, 7) is 6.24. The van der Waals surface area contributed by atoms with E-state index in [9.17, 15) is 4.79 Å². The van der Waals surface area contributed by atoms with Gasteiger partial charge in [-0.05, 0) is 19.8 Å². The number of nitrogens with two attached hydrogens (primary N) is 1. The van der Waals surface area contributed by atoms with Gasteiger partial charge in [0.15, 0.2) is 5.69 Å². The maximum atomic E-state index is 11.5. The lowest BCUT2D eigenvalue weighted by Gasteiger charge is -2.11. The fraction of sp³-hybridized carbons (Fsp3) is 0.636. The predicted octanol–water partition coefficient (Wildman–Crippen LogP) is 2.00. The van der Waals surface area contributed by atoms with Gasteiger partial charge in [-0.2, -0.15) is 5.10 Å². The van der Waals surface area contributed by atoms with Gasteiger partial charge >= 0.3 is 5.97 Å². The van der Waals surface area contributed by atoms with Gasteiger partial charge in [0.2, 0.25) is 0 Å². The summed E-state index contributed by atoms with van der Waals surface area (Å²) in [5.41, 5.74) is 6.33. The molecule has 5 nitrogen and oxygen atoms in total. The second-order valence-corrected chi connectivity index (χ2v) is 3.60. The lowest BCUT2D eigenvalue weighted by molar-refractivity contribution is 0.0519. The summed E-state index contributed by atoms with van der Waals surface area (Å²) in [5, 5.41) is 4.19. The van der Waals surface area contributed by atoms with Crippen LogP contribution >= 0.6 is 0 Å². The van der Waals surface area contributed by atoms with Crippen LogP contribution in [-0.2, 0) is 4.74 Å². The van der Waals surface area contributed by atoms with Crippen LogP contribution in [0.15, 0.2) is 6.20 Å². The molecule has 0 aliphatic heterocycles. The molecular weight excluding hydrogens is 206 g/mol. The molecule has 5 heteroatoms. The Morgan fingerprint density at radius 3 is 2.62 bits per heavy atom. The van der Waals surface area contributed by atoms with E-state index >= 15 is 0 Å². The number of aromatic nitrogens is 2. The molecule has 1 aromatic heterocycles. The van der Waals surface area contributed by atoms with Crippen LogP contribution in [-0.4, -0.2) is 22.4 Å². The summed E-state index contributed by atoms with van der Waals surface area (Å²) in [6, 6.07) is 0.283. The summed E-state index contributed by atoms with van der Waals surface area (Å²) in [5.74, 6) is -0.454. The van der Waals surface area contributed by atoms with Gasteiger partial charge < -0.3 is 10.5 Å². The van der Waals surface area contributed by atoms with Gasteiger partial charge in [0.1, 0.15) is 0 Å². The topological polar surface area (TPSA) is 70.1 Å². The number of hydrogen-bond acceptors (Lipinski definition) is 4. The molecule has 1 rings (SSSR count). The molecule has 1 aromatic rings. The van der Waals surface area contributed by atoms with Crippen LogP contribution in [0, 0.1) is 0 Å². The number of rotatable bonds is 5. The summed E-state index contributed by atoms with van der Waals surface area (Å²) >= 11 is 0. The first-order valence-corrected chi connectivity index (χ1v) is 5.65. The van der Waals surface area contributed by atoms with Crippen molar-refractivity contribution in [2.75, 3.05) is 12.3 Å². The van der Waals surface area contributed by atoms with Gasteiger partial charge in [0.05, 0.1) is 18.3 Å². The number of nitrogens with zero attached hydrogens (tertiary/aromatic N) is 2. The van der Waals surface area contributed by atoms with E-state index in [-0.39, 0.29) is 11.7 Å². The monoisotopic (exact) mass is 225 g/mol. The number of hydrogen-bond donors (Lipinski definition) is 1. The molecule has 1 heterocycles. The Morgan fingerprint density at radius 1 is 1.50 bits per heavy atom. The first-order valence-electron chi connectivity index (χ1n) is 5.65. The fourth-order valence-corrected chi connectivity index (χ4v) is 1.61. The standard InChI is InChI=1S/C11H19N3O2/c1-4-8(5-2)14-7-9(12)10(13-14)11(15)16-6-3/h7-8H,4-6,12H2,1-3H3.